The summed E-state index contributed by atoms with van der Waals surface area (Å²) in [7, 11) is 1.71. The van der Waals surface area contributed by atoms with Crippen molar-refractivity contribution in [3.05, 3.63) is 47.5 Å². The SMILES string of the molecule is CCCCOc1cccc(-c2cc3c(cc2OC)C(NC(=O)O[C@H]2CN4CCC2CC4)C(C)(C)C3)c1. The fourth-order valence-corrected chi connectivity index (χ4v) is 6.17. The van der Waals surface area contributed by atoms with E-state index in [2.05, 4.69) is 55.3 Å². The zero-order valence-corrected chi connectivity index (χ0v) is 22.1. The van der Waals surface area contributed by atoms with Crippen LogP contribution in [0.2, 0.25) is 0 Å². The van der Waals surface area contributed by atoms with Gasteiger partial charge in [-0.15, -0.1) is 0 Å². The van der Waals surface area contributed by atoms with Crippen LogP contribution in [0.4, 0.5) is 4.79 Å². The molecule has 3 aliphatic heterocycles. The highest BCUT2D eigenvalue weighted by atomic mass is 16.6. The largest absolute Gasteiger partial charge is 0.496 e. The molecule has 3 saturated heterocycles. The topological polar surface area (TPSA) is 60.0 Å². The molecule has 0 aromatic heterocycles. The van der Waals surface area contributed by atoms with Crippen molar-refractivity contribution in [3.8, 4) is 22.6 Å². The molecule has 0 radical (unpaired) electrons. The molecule has 2 bridgehead atoms. The molecule has 6 heteroatoms. The number of alkyl carbamates (subject to hydrolysis) is 1. The molecule has 3 heterocycles. The van der Waals surface area contributed by atoms with Crippen LogP contribution in [0.5, 0.6) is 11.5 Å². The second-order valence-electron chi connectivity index (χ2n) is 11.3. The first-order valence-corrected chi connectivity index (χ1v) is 13.5. The number of rotatable bonds is 8. The molecule has 6 rings (SSSR count). The Morgan fingerprint density at radius 3 is 2.67 bits per heavy atom. The highest BCUT2D eigenvalue weighted by Crippen LogP contribution is 2.49. The Morgan fingerprint density at radius 2 is 1.97 bits per heavy atom. The molecule has 194 valence electrons. The summed E-state index contributed by atoms with van der Waals surface area (Å²) in [5.41, 5.74) is 4.33. The summed E-state index contributed by atoms with van der Waals surface area (Å²) in [6, 6.07) is 12.4. The number of hydrogen-bond acceptors (Lipinski definition) is 5. The van der Waals surface area contributed by atoms with Gasteiger partial charge in [0.2, 0.25) is 0 Å². The van der Waals surface area contributed by atoms with Gasteiger partial charge in [-0.25, -0.2) is 4.79 Å². The summed E-state index contributed by atoms with van der Waals surface area (Å²) >= 11 is 0. The summed E-state index contributed by atoms with van der Waals surface area (Å²) < 4.78 is 17.8. The van der Waals surface area contributed by atoms with Crippen LogP contribution < -0.4 is 14.8 Å². The molecule has 1 unspecified atom stereocenters. The molecule has 0 saturated carbocycles. The van der Waals surface area contributed by atoms with Gasteiger partial charge in [0, 0.05) is 12.1 Å². The van der Waals surface area contributed by atoms with Crippen LogP contribution in [0.1, 0.15) is 63.6 Å². The second-order valence-corrected chi connectivity index (χ2v) is 11.3. The molecule has 2 aromatic rings. The van der Waals surface area contributed by atoms with Crippen LogP contribution in [0, 0.1) is 11.3 Å². The van der Waals surface area contributed by atoms with E-state index in [9.17, 15) is 4.79 Å². The highest BCUT2D eigenvalue weighted by molar-refractivity contribution is 5.75. The Kier molecular flexibility index (Phi) is 7.16. The average Bonchev–Trinajstić information content (AvgIpc) is 3.12. The number of nitrogens with one attached hydrogen (secondary N) is 1. The van der Waals surface area contributed by atoms with Crippen molar-refractivity contribution in [1.82, 2.24) is 10.2 Å². The van der Waals surface area contributed by atoms with Crippen molar-refractivity contribution in [2.45, 2.75) is 65.0 Å². The average molecular weight is 493 g/mol. The number of benzene rings is 2. The molecule has 0 spiro atoms. The fourth-order valence-electron chi connectivity index (χ4n) is 6.17. The van der Waals surface area contributed by atoms with Gasteiger partial charge in [-0.1, -0.05) is 39.3 Å². The predicted molar refractivity (Wildman–Crippen MR) is 142 cm³/mol. The van der Waals surface area contributed by atoms with E-state index in [-0.39, 0.29) is 23.7 Å². The van der Waals surface area contributed by atoms with E-state index in [0.29, 0.717) is 5.92 Å². The first-order valence-electron chi connectivity index (χ1n) is 13.5. The van der Waals surface area contributed by atoms with Crippen molar-refractivity contribution in [2.24, 2.45) is 11.3 Å². The number of piperidine rings is 3. The maximum atomic E-state index is 13.0. The first-order chi connectivity index (χ1) is 17.4. The summed E-state index contributed by atoms with van der Waals surface area (Å²) in [6.07, 6.45) is 4.96. The van der Waals surface area contributed by atoms with Crippen LogP contribution in [0.15, 0.2) is 36.4 Å². The number of unbranched alkanes of at least 4 members (excludes halogenated alkanes) is 1. The lowest BCUT2D eigenvalue weighted by Gasteiger charge is -2.44. The van der Waals surface area contributed by atoms with Gasteiger partial charge in [0.05, 0.1) is 19.8 Å². The van der Waals surface area contributed by atoms with Gasteiger partial charge >= 0.3 is 6.09 Å². The maximum absolute atomic E-state index is 13.0. The summed E-state index contributed by atoms with van der Waals surface area (Å²) in [6.45, 7) is 10.4. The van der Waals surface area contributed by atoms with Crippen LogP contribution in [0.3, 0.4) is 0 Å². The Balaban J connectivity index is 1.36. The summed E-state index contributed by atoms with van der Waals surface area (Å²) in [5, 5.41) is 3.23. The molecular weight excluding hydrogens is 452 g/mol. The number of hydrogen-bond donors (Lipinski definition) is 1. The minimum absolute atomic E-state index is 0.000203. The van der Waals surface area contributed by atoms with E-state index in [4.69, 9.17) is 14.2 Å². The number of fused-ring (bicyclic) bond motifs is 4. The van der Waals surface area contributed by atoms with Crippen LogP contribution in [-0.4, -0.2) is 50.4 Å². The maximum Gasteiger partial charge on any atom is 0.407 e. The zero-order valence-electron chi connectivity index (χ0n) is 22.1. The van der Waals surface area contributed by atoms with Gasteiger partial charge in [0.25, 0.3) is 0 Å². The lowest BCUT2D eigenvalue weighted by atomic mass is 9.85. The molecule has 1 N–H and O–H groups in total. The Labute approximate surface area is 215 Å². The highest BCUT2D eigenvalue weighted by Gasteiger charge is 2.42. The van der Waals surface area contributed by atoms with Gasteiger partial charge in [0.1, 0.15) is 17.6 Å². The minimum atomic E-state index is -0.306. The quantitative estimate of drug-likeness (QED) is 0.459. The van der Waals surface area contributed by atoms with Crippen molar-refractivity contribution in [3.63, 3.8) is 0 Å². The lowest BCUT2D eigenvalue weighted by Crippen LogP contribution is -2.53. The molecule has 3 fully saturated rings. The van der Waals surface area contributed by atoms with E-state index >= 15 is 0 Å². The molecule has 6 nitrogen and oxygen atoms in total. The van der Waals surface area contributed by atoms with E-state index in [0.717, 1.165) is 86.5 Å². The van der Waals surface area contributed by atoms with E-state index in [1.54, 1.807) is 7.11 Å². The van der Waals surface area contributed by atoms with Crippen LogP contribution in [0.25, 0.3) is 11.1 Å². The van der Waals surface area contributed by atoms with Crippen molar-refractivity contribution in [1.29, 1.82) is 0 Å². The van der Waals surface area contributed by atoms with Crippen molar-refractivity contribution in [2.75, 3.05) is 33.4 Å². The van der Waals surface area contributed by atoms with Gasteiger partial charge in [0.15, 0.2) is 0 Å². The summed E-state index contributed by atoms with van der Waals surface area (Å²) in [4.78, 5) is 15.4. The van der Waals surface area contributed by atoms with Crippen molar-refractivity contribution >= 4 is 6.09 Å². The smallest absolute Gasteiger partial charge is 0.407 e. The third-order valence-corrected chi connectivity index (χ3v) is 8.23. The number of carbonyl (C=O) groups excluding carboxylic acids is 1. The number of methoxy groups -OCH3 is 1. The molecule has 2 aromatic carbocycles. The monoisotopic (exact) mass is 492 g/mol. The second kappa shape index (κ2) is 10.3. The Hall–Kier alpha value is -2.73. The number of ether oxygens (including phenoxy) is 3. The van der Waals surface area contributed by atoms with E-state index in [1.165, 1.54) is 5.56 Å². The number of carbonyl (C=O) groups is 1. The van der Waals surface area contributed by atoms with E-state index < -0.39 is 0 Å². The van der Waals surface area contributed by atoms with Gasteiger partial charge in [-0.2, -0.15) is 0 Å². The Bertz CT molecular complexity index is 1090. The third-order valence-electron chi connectivity index (χ3n) is 8.23. The molecule has 2 atom stereocenters. The van der Waals surface area contributed by atoms with Crippen LogP contribution >= 0.6 is 0 Å². The zero-order chi connectivity index (χ0) is 25.3. The van der Waals surface area contributed by atoms with E-state index in [1.807, 2.05) is 12.1 Å². The van der Waals surface area contributed by atoms with Crippen molar-refractivity contribution < 1.29 is 19.0 Å². The molecule has 36 heavy (non-hydrogen) atoms. The Morgan fingerprint density at radius 1 is 1.17 bits per heavy atom. The van der Waals surface area contributed by atoms with Gasteiger partial charge in [-0.3, -0.25) is 4.90 Å². The molecule has 4 aliphatic rings. The van der Waals surface area contributed by atoms with Gasteiger partial charge < -0.3 is 19.5 Å². The normalized spacial score (nSPS) is 25.8. The molecule has 1 amide bonds. The van der Waals surface area contributed by atoms with Crippen LogP contribution in [-0.2, 0) is 11.2 Å². The summed E-state index contributed by atoms with van der Waals surface area (Å²) in [5.74, 6) is 2.17. The minimum Gasteiger partial charge on any atom is -0.496 e. The standard InChI is InChI=1S/C30H40N2O4/c1-5-6-14-35-23-9-7-8-21(15-23)24-16-22-18-30(2,3)28(25(22)17-26(24)34-4)31-29(33)36-27-19-32-12-10-20(27)11-13-32/h7-9,15-17,20,27-28H,5-6,10-14,18-19H2,1-4H3,(H,31,33)/t27-,28?/m0/s1. The molecular formula is C30H40N2O4. The number of nitrogens with zero attached hydrogens (tertiary/aromatic N) is 1. The molecule has 1 aliphatic carbocycles. The number of amides is 1. The fraction of sp³-hybridized carbons (Fsp3) is 0.567. The third kappa shape index (κ3) is 5.06. The van der Waals surface area contributed by atoms with Gasteiger partial charge in [-0.05, 0) is 91.1 Å². The predicted octanol–water partition coefficient (Wildman–Crippen LogP) is 5.98. The lowest BCUT2D eigenvalue weighted by molar-refractivity contribution is -0.0349. The first kappa shape index (κ1) is 24.9.